The van der Waals surface area contributed by atoms with Crippen LogP contribution in [0.2, 0.25) is 0 Å². The summed E-state index contributed by atoms with van der Waals surface area (Å²) in [6.07, 6.45) is 0. The van der Waals surface area contributed by atoms with Crippen LogP contribution in [0.3, 0.4) is 0 Å². The highest BCUT2D eigenvalue weighted by molar-refractivity contribution is 5.92. The van der Waals surface area contributed by atoms with Crippen molar-refractivity contribution in [1.29, 1.82) is 0 Å². The number of rotatable bonds is 4. The largest absolute Gasteiger partial charge is 0.368 e. The van der Waals surface area contributed by atoms with Crippen molar-refractivity contribution in [3.8, 4) is 0 Å². The summed E-state index contributed by atoms with van der Waals surface area (Å²) < 4.78 is 13.1. The number of halogens is 1. The molecule has 1 saturated heterocycles. The average Bonchev–Trinajstić information content (AvgIpc) is 2.79. The lowest BCUT2D eigenvalue weighted by molar-refractivity contribution is 0.0739. The molecule has 0 aliphatic carbocycles. The van der Waals surface area contributed by atoms with E-state index in [4.69, 9.17) is 0 Å². The summed E-state index contributed by atoms with van der Waals surface area (Å²) in [5, 5.41) is 8.37. The predicted octanol–water partition coefficient (Wildman–Crippen LogP) is 3.35. The Balaban J connectivity index is 1.38. The number of para-hydroxylation sites is 1. The number of aromatic nitrogens is 2. The van der Waals surface area contributed by atoms with Crippen molar-refractivity contribution in [2.75, 3.05) is 43.0 Å². The van der Waals surface area contributed by atoms with Crippen LogP contribution >= 0.6 is 0 Å². The van der Waals surface area contributed by atoms with Gasteiger partial charge in [-0.2, -0.15) is 0 Å². The van der Waals surface area contributed by atoms with Crippen LogP contribution in [0.4, 0.5) is 21.6 Å². The van der Waals surface area contributed by atoms with Crippen LogP contribution < -0.4 is 9.80 Å². The fourth-order valence-electron chi connectivity index (χ4n) is 3.38. The van der Waals surface area contributed by atoms with Crippen molar-refractivity contribution in [2.45, 2.75) is 0 Å². The van der Waals surface area contributed by atoms with Crippen molar-refractivity contribution >= 4 is 23.1 Å². The van der Waals surface area contributed by atoms with E-state index >= 15 is 0 Å². The van der Waals surface area contributed by atoms with Gasteiger partial charge in [0.1, 0.15) is 5.82 Å². The molecule has 1 aliphatic rings. The molecule has 0 atom stereocenters. The fraction of sp³-hybridized carbons (Fsp3) is 0.227. The lowest BCUT2D eigenvalue weighted by Gasteiger charge is -2.35. The second-order valence-corrected chi connectivity index (χ2v) is 6.93. The molecule has 1 amide bonds. The first-order chi connectivity index (χ1) is 14.1. The van der Waals surface area contributed by atoms with E-state index < -0.39 is 0 Å². The third-order valence-electron chi connectivity index (χ3n) is 5.12. The second kappa shape index (κ2) is 8.26. The molecule has 1 aromatic heterocycles. The number of piperazine rings is 1. The summed E-state index contributed by atoms with van der Waals surface area (Å²) in [5.41, 5.74) is 2.30. The highest BCUT2D eigenvalue weighted by Crippen LogP contribution is 2.21. The molecule has 1 aliphatic heterocycles. The number of hydrogen-bond donors (Lipinski definition) is 0. The Bertz CT molecular complexity index is 955. The number of nitrogens with zero attached hydrogens (tertiary/aromatic N) is 5. The molecule has 2 aromatic carbocycles. The highest BCUT2D eigenvalue weighted by Gasteiger charge is 2.23. The summed E-state index contributed by atoms with van der Waals surface area (Å²) in [7, 11) is 1.91. The first-order valence-corrected chi connectivity index (χ1v) is 9.54. The average molecular weight is 391 g/mol. The summed E-state index contributed by atoms with van der Waals surface area (Å²) in [5.74, 6) is 0.307. The molecule has 0 bridgehead atoms. The first-order valence-electron chi connectivity index (χ1n) is 9.54. The predicted molar refractivity (Wildman–Crippen MR) is 111 cm³/mol. The Morgan fingerprint density at radius 2 is 1.59 bits per heavy atom. The molecule has 0 saturated carbocycles. The number of hydrogen-bond acceptors (Lipinski definition) is 5. The van der Waals surface area contributed by atoms with Crippen molar-refractivity contribution in [3.63, 3.8) is 0 Å². The Kier molecular flexibility index (Phi) is 5.37. The number of anilines is 3. The van der Waals surface area contributed by atoms with Crippen LogP contribution in [0.15, 0.2) is 66.7 Å². The Morgan fingerprint density at radius 3 is 2.21 bits per heavy atom. The van der Waals surface area contributed by atoms with Crippen molar-refractivity contribution in [2.24, 2.45) is 0 Å². The van der Waals surface area contributed by atoms with Crippen molar-refractivity contribution in [1.82, 2.24) is 15.1 Å². The molecular weight excluding hydrogens is 369 g/mol. The van der Waals surface area contributed by atoms with Crippen LogP contribution in [0.1, 0.15) is 10.5 Å². The summed E-state index contributed by atoms with van der Waals surface area (Å²) in [6, 6.07) is 19.8. The first kappa shape index (κ1) is 18.9. The van der Waals surface area contributed by atoms with Gasteiger partial charge in [-0.3, -0.25) is 4.79 Å². The van der Waals surface area contributed by atoms with Gasteiger partial charge in [-0.05, 0) is 48.5 Å². The fourth-order valence-corrected chi connectivity index (χ4v) is 3.38. The van der Waals surface area contributed by atoms with Gasteiger partial charge in [0, 0.05) is 44.6 Å². The van der Waals surface area contributed by atoms with Crippen molar-refractivity contribution < 1.29 is 9.18 Å². The van der Waals surface area contributed by atoms with E-state index in [2.05, 4.69) is 15.1 Å². The van der Waals surface area contributed by atoms with E-state index in [1.165, 1.54) is 12.1 Å². The van der Waals surface area contributed by atoms with Crippen LogP contribution in [-0.4, -0.2) is 54.2 Å². The molecule has 1 fully saturated rings. The van der Waals surface area contributed by atoms with Crippen molar-refractivity contribution in [3.05, 3.63) is 78.2 Å². The molecule has 4 rings (SSSR count). The minimum Gasteiger partial charge on any atom is -0.368 e. The molecule has 7 heteroatoms. The third kappa shape index (κ3) is 4.18. The van der Waals surface area contributed by atoms with E-state index in [-0.39, 0.29) is 11.7 Å². The maximum Gasteiger partial charge on any atom is 0.274 e. The molecule has 0 spiro atoms. The smallest absolute Gasteiger partial charge is 0.274 e. The van der Waals surface area contributed by atoms with Gasteiger partial charge in [0.05, 0.1) is 0 Å². The molecule has 2 heterocycles. The maximum absolute atomic E-state index is 13.1. The summed E-state index contributed by atoms with van der Waals surface area (Å²) in [6.45, 7) is 2.56. The maximum atomic E-state index is 13.1. The van der Waals surface area contributed by atoms with E-state index in [1.807, 2.05) is 48.3 Å². The van der Waals surface area contributed by atoms with E-state index in [0.29, 0.717) is 37.7 Å². The van der Waals surface area contributed by atoms with Crippen LogP contribution in [0.5, 0.6) is 0 Å². The monoisotopic (exact) mass is 391 g/mol. The van der Waals surface area contributed by atoms with Crippen LogP contribution in [0.25, 0.3) is 0 Å². The lowest BCUT2D eigenvalue weighted by atomic mass is 10.2. The summed E-state index contributed by atoms with van der Waals surface area (Å²) >= 11 is 0. The third-order valence-corrected chi connectivity index (χ3v) is 5.12. The molecule has 29 heavy (non-hydrogen) atoms. The number of carbonyl (C=O) groups excluding carboxylic acids is 1. The van der Waals surface area contributed by atoms with Gasteiger partial charge in [0.15, 0.2) is 11.5 Å². The van der Waals surface area contributed by atoms with E-state index in [9.17, 15) is 9.18 Å². The summed E-state index contributed by atoms with van der Waals surface area (Å²) in [4.78, 5) is 18.6. The van der Waals surface area contributed by atoms with Crippen LogP contribution in [0, 0.1) is 5.82 Å². The molecular formula is C22H22FN5O. The second-order valence-electron chi connectivity index (χ2n) is 6.93. The van der Waals surface area contributed by atoms with E-state index in [1.54, 1.807) is 23.1 Å². The minimum absolute atomic E-state index is 0.120. The minimum atomic E-state index is -0.248. The zero-order valence-corrected chi connectivity index (χ0v) is 16.2. The number of benzene rings is 2. The van der Waals surface area contributed by atoms with Gasteiger partial charge in [0.25, 0.3) is 5.91 Å². The standard InChI is InChI=1S/C22H22FN5O/c1-26(18-5-3-2-4-6-18)21-12-11-20(24-25-21)22(29)28-15-13-27(14-16-28)19-9-7-17(23)8-10-19/h2-12H,13-16H2,1H3. The number of amides is 1. The van der Waals surface area contributed by atoms with Gasteiger partial charge in [0.2, 0.25) is 0 Å². The molecule has 0 radical (unpaired) electrons. The van der Waals surface area contributed by atoms with Gasteiger partial charge >= 0.3 is 0 Å². The van der Waals surface area contributed by atoms with Crippen LogP contribution in [-0.2, 0) is 0 Å². The Labute approximate surface area is 169 Å². The van der Waals surface area contributed by atoms with Gasteiger partial charge in [-0.25, -0.2) is 4.39 Å². The lowest BCUT2D eigenvalue weighted by Crippen LogP contribution is -2.49. The normalized spacial score (nSPS) is 14.0. The SMILES string of the molecule is CN(c1ccccc1)c1ccc(C(=O)N2CCN(c3ccc(F)cc3)CC2)nn1. The molecule has 0 N–H and O–H groups in total. The zero-order valence-electron chi connectivity index (χ0n) is 16.2. The quantitative estimate of drug-likeness (QED) is 0.683. The van der Waals surface area contributed by atoms with Gasteiger partial charge in [-0.1, -0.05) is 18.2 Å². The van der Waals surface area contributed by atoms with E-state index in [0.717, 1.165) is 11.4 Å². The Morgan fingerprint density at radius 1 is 0.897 bits per heavy atom. The number of carbonyl (C=O) groups is 1. The zero-order chi connectivity index (χ0) is 20.2. The molecule has 148 valence electrons. The van der Waals surface area contributed by atoms with Gasteiger partial charge < -0.3 is 14.7 Å². The Hall–Kier alpha value is -3.48. The molecule has 6 nitrogen and oxygen atoms in total. The molecule has 0 unspecified atom stereocenters. The molecule has 3 aromatic rings. The van der Waals surface area contributed by atoms with Gasteiger partial charge in [-0.15, -0.1) is 10.2 Å². The highest BCUT2D eigenvalue weighted by atomic mass is 19.1. The topological polar surface area (TPSA) is 52.6 Å².